The number of hydrogen-bond acceptors (Lipinski definition) is 3. The summed E-state index contributed by atoms with van der Waals surface area (Å²) in [6.07, 6.45) is 0. The Morgan fingerprint density at radius 2 is 0.627 bits per heavy atom. The molecule has 0 heterocycles. The van der Waals surface area contributed by atoms with Gasteiger partial charge in [-0.1, -0.05) is 146 Å². The topological polar surface area (TPSA) is 18.5 Å². The first kappa shape index (κ1) is 30.2. The minimum atomic E-state index is 1.06. The maximum Gasteiger partial charge on any atom is 0.0619 e. The summed E-state index contributed by atoms with van der Waals surface area (Å²) >= 11 is 0. The Morgan fingerprint density at radius 1 is 0.275 bits per heavy atom. The van der Waals surface area contributed by atoms with Gasteiger partial charge in [0.05, 0.1) is 17.1 Å². The van der Waals surface area contributed by atoms with Crippen LogP contribution in [0.4, 0.5) is 45.5 Å². The average molecular weight is 654 g/mol. The van der Waals surface area contributed by atoms with Crippen LogP contribution in [0, 0.1) is 0 Å². The third-order valence-electron chi connectivity index (χ3n) is 9.59. The molecule has 0 saturated heterocycles. The van der Waals surface area contributed by atoms with E-state index >= 15 is 0 Å². The van der Waals surface area contributed by atoms with Gasteiger partial charge in [0.15, 0.2) is 0 Å². The Bertz CT molecular complexity index is 2470. The van der Waals surface area contributed by atoms with Gasteiger partial charge in [-0.2, -0.15) is 0 Å². The van der Waals surface area contributed by atoms with Crippen molar-refractivity contribution >= 4 is 77.8 Å². The van der Waals surface area contributed by atoms with Crippen molar-refractivity contribution in [3.8, 4) is 0 Å². The van der Waals surface area contributed by atoms with Crippen molar-refractivity contribution in [2.24, 2.45) is 0 Å². The monoisotopic (exact) mass is 653 g/mol. The van der Waals surface area contributed by atoms with Gasteiger partial charge in [0.1, 0.15) is 0 Å². The summed E-state index contributed by atoms with van der Waals surface area (Å²) in [6.45, 7) is 0. The molecule has 3 heteroatoms. The molecule has 0 aromatic heterocycles. The van der Waals surface area contributed by atoms with Gasteiger partial charge in [-0.15, -0.1) is 0 Å². The number of hydrogen-bond donors (Lipinski definition) is 1. The van der Waals surface area contributed by atoms with Crippen LogP contribution in [0.5, 0.6) is 0 Å². The molecule has 0 aliphatic carbocycles. The third-order valence-corrected chi connectivity index (χ3v) is 9.59. The Kier molecular flexibility index (Phi) is 7.84. The summed E-state index contributed by atoms with van der Waals surface area (Å²) in [5, 5.41) is 11.0. The fraction of sp³-hybridized carbons (Fsp3) is 0. The summed E-state index contributed by atoms with van der Waals surface area (Å²) < 4.78 is 0. The molecule has 0 radical (unpaired) electrons. The van der Waals surface area contributed by atoms with E-state index in [0.717, 1.165) is 61.7 Å². The Morgan fingerprint density at radius 3 is 1.08 bits per heavy atom. The summed E-state index contributed by atoms with van der Waals surface area (Å²) in [4.78, 5) is 4.73. The lowest BCUT2D eigenvalue weighted by molar-refractivity contribution is 1.30. The molecule has 0 saturated carbocycles. The fourth-order valence-corrected chi connectivity index (χ4v) is 7.35. The van der Waals surface area contributed by atoms with Crippen molar-refractivity contribution in [1.82, 2.24) is 0 Å². The van der Waals surface area contributed by atoms with Gasteiger partial charge in [-0.3, -0.25) is 0 Å². The summed E-state index contributed by atoms with van der Waals surface area (Å²) in [6, 6.07) is 73.2. The van der Waals surface area contributed by atoms with Gasteiger partial charge in [0.25, 0.3) is 0 Å². The van der Waals surface area contributed by atoms with Gasteiger partial charge >= 0.3 is 0 Å². The highest BCUT2D eigenvalue weighted by Gasteiger charge is 2.22. The quantitative estimate of drug-likeness (QED) is 0.130. The van der Waals surface area contributed by atoms with E-state index in [4.69, 9.17) is 0 Å². The lowest BCUT2D eigenvalue weighted by Crippen LogP contribution is -2.11. The number of rotatable bonds is 8. The van der Waals surface area contributed by atoms with E-state index in [1.807, 2.05) is 0 Å². The molecule has 242 valence electrons. The van der Waals surface area contributed by atoms with Crippen LogP contribution in [0.25, 0.3) is 32.3 Å². The third kappa shape index (κ3) is 5.51. The average Bonchev–Trinajstić information content (AvgIpc) is 3.21. The van der Waals surface area contributed by atoms with Crippen LogP contribution in [0.1, 0.15) is 0 Å². The van der Waals surface area contributed by atoms with Crippen molar-refractivity contribution in [2.45, 2.75) is 0 Å². The number of fused-ring (bicyclic) bond motifs is 3. The van der Waals surface area contributed by atoms with Crippen LogP contribution in [0.15, 0.2) is 206 Å². The van der Waals surface area contributed by atoms with Gasteiger partial charge in [-0.25, -0.2) is 0 Å². The smallest absolute Gasteiger partial charge is 0.0619 e. The molecule has 0 spiro atoms. The zero-order chi connectivity index (χ0) is 34.0. The van der Waals surface area contributed by atoms with Gasteiger partial charge in [0.2, 0.25) is 0 Å². The standard InChI is InChI=1S/C48H35N3/c1-5-19-35(20-6-1)50(36-21-7-2-8-22-36)46-34-33-45(39-27-13-14-28-40(39)46)49-47-41-29-15-17-31-43(41)48(44-32-18-16-30-42(44)47)51(37-23-9-3-10-24-37)38-25-11-4-12-26-38/h1-34,49H. The SMILES string of the molecule is c1ccc(N(c2ccccc2)c2ccc(Nc3c4ccccc4c(N(c4ccccc4)c4ccccc4)c4ccccc34)c3ccccc23)cc1. The van der Waals surface area contributed by atoms with Crippen LogP contribution >= 0.6 is 0 Å². The Labute approximate surface area is 298 Å². The molecule has 0 aliphatic rings. The van der Waals surface area contributed by atoms with E-state index < -0.39 is 0 Å². The molecule has 1 N–H and O–H groups in total. The summed E-state index contributed by atoms with van der Waals surface area (Å²) in [7, 11) is 0. The van der Waals surface area contributed by atoms with Crippen molar-refractivity contribution in [3.05, 3.63) is 206 Å². The maximum absolute atomic E-state index is 3.99. The summed E-state index contributed by atoms with van der Waals surface area (Å²) in [5.74, 6) is 0. The second-order valence-electron chi connectivity index (χ2n) is 12.6. The number of nitrogens with one attached hydrogen (secondary N) is 1. The first-order valence-electron chi connectivity index (χ1n) is 17.4. The number of nitrogens with zero attached hydrogens (tertiary/aromatic N) is 2. The minimum absolute atomic E-state index is 1.06. The van der Waals surface area contributed by atoms with Gasteiger partial charge in [-0.05, 0) is 60.7 Å². The molecule has 9 rings (SSSR count). The highest BCUT2D eigenvalue weighted by molar-refractivity contribution is 6.23. The molecule has 0 fully saturated rings. The van der Waals surface area contributed by atoms with E-state index in [0.29, 0.717) is 0 Å². The van der Waals surface area contributed by atoms with Crippen molar-refractivity contribution in [1.29, 1.82) is 0 Å². The molecule has 0 bridgehead atoms. The van der Waals surface area contributed by atoms with E-state index in [1.54, 1.807) is 0 Å². The predicted octanol–water partition coefficient (Wildman–Crippen LogP) is 13.8. The predicted molar refractivity (Wildman–Crippen MR) is 218 cm³/mol. The van der Waals surface area contributed by atoms with Gasteiger partial charge in [0, 0.05) is 60.8 Å². The molecular formula is C48H35N3. The molecule has 9 aromatic rings. The Balaban J connectivity index is 1.25. The van der Waals surface area contributed by atoms with Gasteiger partial charge < -0.3 is 15.1 Å². The van der Waals surface area contributed by atoms with Crippen LogP contribution in [0.3, 0.4) is 0 Å². The van der Waals surface area contributed by atoms with E-state index in [1.165, 1.54) is 16.2 Å². The first-order chi connectivity index (χ1) is 25.3. The number of benzene rings is 9. The molecule has 0 amide bonds. The molecule has 9 aromatic carbocycles. The number of para-hydroxylation sites is 4. The maximum atomic E-state index is 3.99. The first-order valence-corrected chi connectivity index (χ1v) is 17.4. The van der Waals surface area contributed by atoms with Crippen LogP contribution in [-0.2, 0) is 0 Å². The highest BCUT2D eigenvalue weighted by atomic mass is 15.2. The molecule has 0 unspecified atom stereocenters. The summed E-state index contributed by atoms with van der Waals surface area (Å²) in [5.41, 5.74) is 8.89. The lowest BCUT2D eigenvalue weighted by atomic mass is 9.96. The molecule has 51 heavy (non-hydrogen) atoms. The molecular weight excluding hydrogens is 619 g/mol. The zero-order valence-electron chi connectivity index (χ0n) is 28.0. The second kappa shape index (κ2) is 13.2. The van der Waals surface area contributed by atoms with Crippen LogP contribution < -0.4 is 15.1 Å². The van der Waals surface area contributed by atoms with E-state index in [-0.39, 0.29) is 0 Å². The highest BCUT2D eigenvalue weighted by Crippen LogP contribution is 2.48. The Hall–Kier alpha value is -6.84. The largest absolute Gasteiger partial charge is 0.354 e. The van der Waals surface area contributed by atoms with E-state index in [9.17, 15) is 0 Å². The fourth-order valence-electron chi connectivity index (χ4n) is 7.35. The number of anilines is 8. The van der Waals surface area contributed by atoms with Crippen molar-refractivity contribution < 1.29 is 0 Å². The second-order valence-corrected chi connectivity index (χ2v) is 12.6. The zero-order valence-corrected chi connectivity index (χ0v) is 28.0. The van der Waals surface area contributed by atoms with Crippen LogP contribution in [-0.4, -0.2) is 0 Å². The normalized spacial score (nSPS) is 11.1. The molecule has 0 atom stereocenters. The van der Waals surface area contributed by atoms with Crippen molar-refractivity contribution in [3.63, 3.8) is 0 Å². The van der Waals surface area contributed by atoms with Crippen molar-refractivity contribution in [2.75, 3.05) is 15.1 Å². The van der Waals surface area contributed by atoms with E-state index in [2.05, 4.69) is 221 Å². The molecule has 3 nitrogen and oxygen atoms in total. The lowest BCUT2D eigenvalue weighted by Gasteiger charge is -2.30. The van der Waals surface area contributed by atoms with Crippen LogP contribution in [0.2, 0.25) is 0 Å². The minimum Gasteiger partial charge on any atom is -0.354 e. The molecule has 0 aliphatic heterocycles.